The molecule has 0 aliphatic carbocycles. The number of hydrogen-bond acceptors (Lipinski definition) is 0. The molecule has 0 amide bonds. The van der Waals surface area contributed by atoms with Crippen molar-refractivity contribution in [3.05, 3.63) is 0 Å². The van der Waals surface area contributed by atoms with Crippen LogP contribution in [0.15, 0.2) is 0 Å². The van der Waals surface area contributed by atoms with E-state index >= 15 is 0 Å². The van der Waals surface area contributed by atoms with Gasteiger partial charge in [0, 0.05) is 0 Å². The Morgan fingerprint density at radius 1 is 0.333 bits per heavy atom. The van der Waals surface area contributed by atoms with E-state index < -0.39 is 0 Å². The Bertz CT molecular complexity index is 3.90. The van der Waals surface area contributed by atoms with Crippen LogP contribution in [0.1, 0.15) is 0 Å². The molecule has 0 aromatic carbocycles. The molecule has 6 heteroatoms. The van der Waals surface area contributed by atoms with Gasteiger partial charge in [0.05, 0.1) is 0 Å². The number of rotatable bonds is 0. The van der Waals surface area contributed by atoms with Gasteiger partial charge >= 0.3 is 18.0 Å². The van der Waals surface area contributed by atoms with Gasteiger partial charge in [0.1, 0.15) is 0 Å². The molecule has 1 atom stereocenters. The molecule has 0 bridgehead atoms. The second-order valence-electron chi connectivity index (χ2n) is 0. The summed E-state index contributed by atoms with van der Waals surface area (Å²) in [7, 11) is 0. The SMILES string of the molecule is F.F.F.F.F.[AsH3]. The van der Waals surface area contributed by atoms with Crippen LogP contribution in [0.2, 0.25) is 0 Å². The van der Waals surface area contributed by atoms with E-state index in [4.69, 9.17) is 0 Å². The fraction of sp³-hybridized carbons (Fsp3) is 0. The maximum atomic E-state index is 0. The fourth-order valence-electron chi connectivity index (χ4n) is 0. The Balaban J connectivity index is 0. The van der Waals surface area contributed by atoms with E-state index in [9.17, 15) is 0 Å². The second kappa shape index (κ2) is 2120. The molecule has 0 saturated carbocycles. The van der Waals surface area contributed by atoms with Crippen LogP contribution in [0.25, 0.3) is 0 Å². The van der Waals surface area contributed by atoms with Crippen LogP contribution in [0.5, 0.6) is 0 Å². The van der Waals surface area contributed by atoms with Crippen LogP contribution >= 0.6 is 0 Å². The van der Waals surface area contributed by atoms with Gasteiger partial charge in [0.2, 0.25) is 0 Å². The molecular weight excluding hydrogens is 170 g/mol. The maximum absolute atomic E-state index is 0. The molecule has 0 aliphatic heterocycles. The van der Waals surface area contributed by atoms with Crippen molar-refractivity contribution < 1.29 is 23.5 Å². The average molecular weight is 178 g/mol. The summed E-state index contributed by atoms with van der Waals surface area (Å²) < 4.78 is 0. The molecule has 0 fully saturated rings. The van der Waals surface area contributed by atoms with Crippen LogP contribution < -0.4 is 0 Å². The zero-order valence-electron chi connectivity index (χ0n) is 2.75. The van der Waals surface area contributed by atoms with Crippen LogP contribution in [-0.2, 0) is 0 Å². The Hall–Kier alpha value is 0.208. The fourth-order valence-corrected chi connectivity index (χ4v) is 0. The van der Waals surface area contributed by atoms with E-state index in [1.165, 1.54) is 0 Å². The van der Waals surface area contributed by atoms with Crippen molar-refractivity contribution >= 4 is 18.0 Å². The summed E-state index contributed by atoms with van der Waals surface area (Å²) in [5.74, 6) is 0. The molecule has 0 N–H and O–H groups in total. The molecule has 48 valence electrons. The molecule has 0 spiro atoms. The summed E-state index contributed by atoms with van der Waals surface area (Å²) in [6, 6.07) is 0. The predicted molar refractivity (Wildman–Crippen MR) is 22.5 cm³/mol. The van der Waals surface area contributed by atoms with Crippen molar-refractivity contribution in [1.29, 1.82) is 0 Å². The number of hydrogen-bond donors (Lipinski definition) is 0. The van der Waals surface area contributed by atoms with E-state index in [2.05, 4.69) is 0 Å². The topological polar surface area (TPSA) is 0 Å². The molecule has 0 saturated heterocycles. The first-order chi connectivity index (χ1) is 0. The van der Waals surface area contributed by atoms with Gasteiger partial charge in [-0.1, -0.05) is 0 Å². The van der Waals surface area contributed by atoms with Crippen LogP contribution in [0.4, 0.5) is 23.5 Å². The van der Waals surface area contributed by atoms with E-state index in [0.29, 0.717) is 0 Å². The van der Waals surface area contributed by atoms with Crippen LogP contribution in [-0.4, -0.2) is 18.0 Å². The van der Waals surface area contributed by atoms with Gasteiger partial charge < -0.3 is 0 Å². The zero-order valence-corrected chi connectivity index (χ0v) is 5.72. The zero-order chi connectivity index (χ0) is 0. The summed E-state index contributed by atoms with van der Waals surface area (Å²) in [6.07, 6.45) is 0. The van der Waals surface area contributed by atoms with Gasteiger partial charge in [-0.2, -0.15) is 0 Å². The minimum atomic E-state index is 0. The summed E-state index contributed by atoms with van der Waals surface area (Å²) in [5, 5.41) is 0. The first-order valence-corrected chi connectivity index (χ1v) is 0. The monoisotopic (exact) mass is 178 g/mol. The van der Waals surface area contributed by atoms with Crippen LogP contribution in [0.3, 0.4) is 0 Å². The van der Waals surface area contributed by atoms with Gasteiger partial charge in [0.15, 0.2) is 0 Å². The molecule has 0 aromatic rings. The minimum absolute atomic E-state index is 0. The second-order valence-corrected chi connectivity index (χ2v) is 0. The van der Waals surface area contributed by atoms with Crippen molar-refractivity contribution in [2.75, 3.05) is 0 Å². The standard InChI is InChI=1S/AsH3.5FH/h1H3;5*1H. The molecule has 0 aliphatic rings. The molecular formula is H8AsF5. The van der Waals surface area contributed by atoms with Gasteiger partial charge in [-0.25, -0.2) is 0 Å². The summed E-state index contributed by atoms with van der Waals surface area (Å²) in [4.78, 5) is 0. The first-order valence-electron chi connectivity index (χ1n) is 0. The Morgan fingerprint density at radius 3 is 0.333 bits per heavy atom. The summed E-state index contributed by atoms with van der Waals surface area (Å²) >= 11 is 0. The predicted octanol–water partition coefficient (Wildman–Crippen LogP) is -0.421. The Morgan fingerprint density at radius 2 is 0.333 bits per heavy atom. The summed E-state index contributed by atoms with van der Waals surface area (Å²) in [6.45, 7) is 0. The third kappa shape index (κ3) is 997. The van der Waals surface area contributed by atoms with Gasteiger partial charge in [-0.3, -0.25) is 23.5 Å². The van der Waals surface area contributed by atoms with E-state index in [-0.39, 0.29) is 41.5 Å². The van der Waals surface area contributed by atoms with Crippen LogP contribution in [0, 0.1) is 0 Å². The Labute approximate surface area is 42.4 Å². The summed E-state index contributed by atoms with van der Waals surface area (Å²) in [5.41, 5.74) is 0. The van der Waals surface area contributed by atoms with Crippen molar-refractivity contribution in [2.45, 2.75) is 0 Å². The first kappa shape index (κ1) is 3880. The van der Waals surface area contributed by atoms with E-state index in [1.807, 2.05) is 0 Å². The molecule has 0 nitrogen and oxygen atoms in total. The van der Waals surface area contributed by atoms with Crippen molar-refractivity contribution in [2.24, 2.45) is 0 Å². The van der Waals surface area contributed by atoms with Gasteiger partial charge in [0.25, 0.3) is 0 Å². The van der Waals surface area contributed by atoms with Crippen molar-refractivity contribution in [3.63, 3.8) is 0 Å². The molecule has 0 aromatic heterocycles. The average Bonchev–Trinajstić information content (AvgIpc) is 0. The molecule has 6 heavy (non-hydrogen) atoms. The normalized spacial score (nSPS) is 0. The molecule has 1 unspecified atom stereocenters. The number of halogens is 5. The van der Waals surface area contributed by atoms with E-state index in [1.54, 1.807) is 0 Å². The molecule has 0 rings (SSSR count). The molecule has 0 radical (unpaired) electrons. The third-order valence-corrected chi connectivity index (χ3v) is 0. The van der Waals surface area contributed by atoms with Crippen molar-refractivity contribution in [1.82, 2.24) is 0 Å². The third-order valence-electron chi connectivity index (χ3n) is 0. The Kier molecular flexibility index (Phi) is 1370000. The van der Waals surface area contributed by atoms with Gasteiger partial charge in [-0.15, -0.1) is 0 Å². The van der Waals surface area contributed by atoms with Crippen molar-refractivity contribution in [3.8, 4) is 0 Å². The van der Waals surface area contributed by atoms with E-state index in [0.717, 1.165) is 0 Å². The quantitative estimate of drug-likeness (QED) is 0.349. The molecule has 0 heterocycles. The van der Waals surface area contributed by atoms with Gasteiger partial charge in [-0.05, 0) is 0 Å².